The van der Waals surface area contributed by atoms with Crippen molar-refractivity contribution in [2.45, 2.75) is 24.3 Å². The number of nitrogens with one attached hydrogen (secondary N) is 1. The van der Waals surface area contributed by atoms with Crippen molar-refractivity contribution in [3.8, 4) is 0 Å². The van der Waals surface area contributed by atoms with Gasteiger partial charge in [0.05, 0.1) is 10.3 Å². The van der Waals surface area contributed by atoms with Crippen LogP contribution >= 0.6 is 11.6 Å². The van der Waals surface area contributed by atoms with Crippen molar-refractivity contribution in [3.05, 3.63) is 47.9 Å². The molecule has 0 saturated carbocycles. The first-order chi connectivity index (χ1) is 13.4. The molecule has 1 aliphatic rings. The number of sulfonamides is 1. The Balaban J connectivity index is 1.63. The van der Waals surface area contributed by atoms with E-state index in [9.17, 15) is 8.42 Å². The molecule has 7 nitrogen and oxygen atoms in total. The summed E-state index contributed by atoms with van der Waals surface area (Å²) in [6.07, 6.45) is 4.14. The molecule has 1 N–H and O–H groups in total. The number of anilines is 1. The van der Waals surface area contributed by atoms with Crippen LogP contribution in [0.15, 0.2) is 47.8 Å². The van der Waals surface area contributed by atoms with E-state index in [1.165, 1.54) is 6.33 Å². The lowest BCUT2D eigenvalue weighted by atomic mass is 9.93. The standard InChI is InChI=1S/C19H22ClN5O2S/c1-13-8-10-25(28(26,27)15-5-3-14(20)4-6-15)11-17(13)24(2)19-16-7-9-21-18(16)22-12-23-19/h3-7,9,12-13,17H,8,10-11H2,1-2H3,(H,21,22,23). The van der Waals surface area contributed by atoms with Crippen LogP contribution in [0.2, 0.25) is 5.02 Å². The first-order valence-electron chi connectivity index (χ1n) is 9.14. The molecule has 2 unspecified atom stereocenters. The fraction of sp³-hybridized carbons (Fsp3) is 0.368. The van der Waals surface area contributed by atoms with Crippen LogP contribution in [0.4, 0.5) is 5.82 Å². The fourth-order valence-electron chi connectivity index (χ4n) is 3.79. The van der Waals surface area contributed by atoms with Crippen molar-refractivity contribution in [1.82, 2.24) is 19.3 Å². The molecule has 1 saturated heterocycles. The van der Waals surface area contributed by atoms with Gasteiger partial charge >= 0.3 is 0 Å². The first kappa shape index (κ1) is 19.2. The number of halogens is 1. The molecule has 3 heterocycles. The number of likely N-dealkylation sites (N-methyl/N-ethyl adjacent to an activating group) is 1. The Kier molecular flexibility index (Phi) is 5.03. The first-order valence-corrected chi connectivity index (χ1v) is 11.0. The third kappa shape index (κ3) is 3.36. The van der Waals surface area contributed by atoms with Gasteiger partial charge in [0.25, 0.3) is 0 Å². The van der Waals surface area contributed by atoms with E-state index in [4.69, 9.17) is 11.6 Å². The molecular formula is C19H22ClN5O2S. The quantitative estimate of drug-likeness (QED) is 0.702. The molecule has 1 fully saturated rings. The molecule has 28 heavy (non-hydrogen) atoms. The molecule has 148 valence electrons. The zero-order chi connectivity index (χ0) is 19.9. The lowest BCUT2D eigenvalue weighted by Gasteiger charge is -2.41. The Morgan fingerprint density at radius 2 is 1.96 bits per heavy atom. The Hall–Kier alpha value is -2.16. The van der Waals surface area contributed by atoms with E-state index >= 15 is 0 Å². The van der Waals surface area contributed by atoms with Gasteiger partial charge in [-0.1, -0.05) is 18.5 Å². The van der Waals surface area contributed by atoms with Crippen molar-refractivity contribution in [2.24, 2.45) is 5.92 Å². The average Bonchev–Trinajstić information content (AvgIpc) is 3.17. The summed E-state index contributed by atoms with van der Waals surface area (Å²) in [5.74, 6) is 1.12. The highest BCUT2D eigenvalue weighted by Crippen LogP contribution is 2.31. The number of aromatic amines is 1. The number of rotatable bonds is 4. The minimum absolute atomic E-state index is 0.00354. The molecule has 0 amide bonds. The molecule has 0 spiro atoms. The summed E-state index contributed by atoms with van der Waals surface area (Å²) >= 11 is 5.91. The summed E-state index contributed by atoms with van der Waals surface area (Å²) in [7, 11) is -1.61. The number of hydrogen-bond donors (Lipinski definition) is 1. The van der Waals surface area contributed by atoms with Crippen molar-refractivity contribution < 1.29 is 8.42 Å². The molecule has 0 radical (unpaired) electrons. The molecule has 1 aliphatic heterocycles. The molecule has 0 bridgehead atoms. The second kappa shape index (κ2) is 7.35. The normalized spacial score (nSPS) is 21.1. The van der Waals surface area contributed by atoms with Crippen LogP contribution < -0.4 is 4.90 Å². The monoisotopic (exact) mass is 419 g/mol. The maximum Gasteiger partial charge on any atom is 0.243 e. The second-order valence-corrected chi connectivity index (χ2v) is 9.57. The third-order valence-electron chi connectivity index (χ3n) is 5.50. The van der Waals surface area contributed by atoms with Gasteiger partial charge in [0.2, 0.25) is 10.0 Å². The zero-order valence-electron chi connectivity index (χ0n) is 15.7. The Morgan fingerprint density at radius 3 is 2.71 bits per heavy atom. The van der Waals surface area contributed by atoms with Gasteiger partial charge in [-0.05, 0) is 42.7 Å². The fourth-order valence-corrected chi connectivity index (χ4v) is 5.39. The molecule has 2 aromatic heterocycles. The molecule has 3 aromatic rings. The van der Waals surface area contributed by atoms with Gasteiger partial charge in [-0.3, -0.25) is 0 Å². The summed E-state index contributed by atoms with van der Waals surface area (Å²) < 4.78 is 27.8. The van der Waals surface area contributed by atoms with Crippen molar-refractivity contribution in [3.63, 3.8) is 0 Å². The van der Waals surface area contributed by atoms with E-state index in [-0.39, 0.29) is 10.9 Å². The molecule has 0 aliphatic carbocycles. The summed E-state index contributed by atoms with van der Waals surface area (Å²) in [5.41, 5.74) is 0.769. The van der Waals surface area contributed by atoms with Gasteiger partial charge in [0, 0.05) is 37.4 Å². The van der Waals surface area contributed by atoms with Gasteiger partial charge in [-0.25, -0.2) is 18.4 Å². The van der Waals surface area contributed by atoms with Crippen LogP contribution in [0.25, 0.3) is 11.0 Å². The predicted molar refractivity (Wildman–Crippen MR) is 110 cm³/mol. The topological polar surface area (TPSA) is 82.2 Å². The molecule has 1 aromatic carbocycles. The third-order valence-corrected chi connectivity index (χ3v) is 7.63. The summed E-state index contributed by atoms with van der Waals surface area (Å²) in [4.78, 5) is 14.1. The number of hydrogen-bond acceptors (Lipinski definition) is 5. The molecule has 9 heteroatoms. The van der Waals surface area contributed by atoms with Gasteiger partial charge < -0.3 is 9.88 Å². The molecule has 4 rings (SSSR count). The van der Waals surface area contributed by atoms with Gasteiger partial charge in [-0.15, -0.1) is 0 Å². The highest BCUT2D eigenvalue weighted by Gasteiger charge is 2.36. The largest absolute Gasteiger partial charge is 0.354 e. The number of nitrogens with zero attached hydrogens (tertiary/aromatic N) is 4. The van der Waals surface area contributed by atoms with E-state index in [1.807, 2.05) is 19.3 Å². The van der Waals surface area contributed by atoms with E-state index in [0.717, 1.165) is 23.3 Å². The lowest BCUT2D eigenvalue weighted by Crippen LogP contribution is -2.52. The van der Waals surface area contributed by atoms with E-state index in [2.05, 4.69) is 26.8 Å². The lowest BCUT2D eigenvalue weighted by molar-refractivity contribution is 0.247. The van der Waals surface area contributed by atoms with Crippen LogP contribution in [-0.2, 0) is 10.0 Å². The zero-order valence-corrected chi connectivity index (χ0v) is 17.3. The Morgan fingerprint density at radius 1 is 1.21 bits per heavy atom. The Labute approximate surface area is 169 Å². The van der Waals surface area contributed by atoms with Crippen LogP contribution in [0.5, 0.6) is 0 Å². The molecular weight excluding hydrogens is 398 g/mol. The van der Waals surface area contributed by atoms with E-state index in [0.29, 0.717) is 24.0 Å². The Bertz CT molecular complexity index is 1080. The van der Waals surface area contributed by atoms with Crippen molar-refractivity contribution in [2.75, 3.05) is 25.0 Å². The number of benzene rings is 1. The minimum atomic E-state index is -3.57. The van der Waals surface area contributed by atoms with Crippen molar-refractivity contribution >= 4 is 38.5 Å². The van der Waals surface area contributed by atoms with Crippen LogP contribution in [0, 0.1) is 5.92 Å². The van der Waals surface area contributed by atoms with Crippen LogP contribution in [-0.4, -0.2) is 53.9 Å². The summed E-state index contributed by atoms with van der Waals surface area (Å²) in [6, 6.07) is 8.27. The average molecular weight is 420 g/mol. The summed E-state index contributed by atoms with van der Waals surface area (Å²) in [6.45, 7) is 3.06. The number of fused-ring (bicyclic) bond motifs is 1. The minimum Gasteiger partial charge on any atom is -0.354 e. The van der Waals surface area contributed by atoms with Crippen LogP contribution in [0.1, 0.15) is 13.3 Å². The van der Waals surface area contributed by atoms with E-state index < -0.39 is 10.0 Å². The highest BCUT2D eigenvalue weighted by atomic mass is 35.5. The maximum atomic E-state index is 13.1. The summed E-state index contributed by atoms with van der Waals surface area (Å²) in [5, 5.41) is 1.44. The predicted octanol–water partition coefficient (Wildman–Crippen LogP) is 3.15. The highest BCUT2D eigenvalue weighted by molar-refractivity contribution is 7.89. The molecule has 2 atom stereocenters. The SMILES string of the molecule is CC1CCN(S(=O)(=O)c2ccc(Cl)cc2)CC1N(C)c1ncnc2[nH]ccc12. The van der Waals surface area contributed by atoms with Crippen molar-refractivity contribution in [1.29, 1.82) is 0 Å². The number of piperidine rings is 1. The number of aromatic nitrogens is 3. The number of H-pyrrole nitrogens is 1. The second-order valence-electron chi connectivity index (χ2n) is 7.20. The van der Waals surface area contributed by atoms with Gasteiger partial charge in [-0.2, -0.15) is 4.31 Å². The maximum absolute atomic E-state index is 13.1. The van der Waals surface area contributed by atoms with Crippen LogP contribution in [0.3, 0.4) is 0 Å². The van der Waals surface area contributed by atoms with Gasteiger partial charge in [0.15, 0.2) is 0 Å². The van der Waals surface area contributed by atoms with E-state index in [1.54, 1.807) is 28.6 Å². The smallest absolute Gasteiger partial charge is 0.243 e. The van der Waals surface area contributed by atoms with Gasteiger partial charge in [0.1, 0.15) is 17.8 Å².